The molecule has 1 fully saturated rings. The van der Waals surface area contributed by atoms with Crippen molar-refractivity contribution in [2.75, 3.05) is 26.3 Å². The summed E-state index contributed by atoms with van der Waals surface area (Å²) in [5.74, 6) is 0.299. The smallest absolute Gasteiger partial charge is 0.314 e. The quantitative estimate of drug-likeness (QED) is 0.472. The van der Waals surface area contributed by atoms with Crippen LogP contribution in [0.2, 0.25) is 0 Å². The van der Waals surface area contributed by atoms with Gasteiger partial charge in [0.25, 0.3) is 0 Å². The number of carbonyl (C=O) groups is 1. The summed E-state index contributed by atoms with van der Waals surface area (Å²) in [6, 6.07) is -0.153. The molecule has 1 aliphatic carbocycles. The van der Waals surface area contributed by atoms with Crippen molar-refractivity contribution in [1.82, 2.24) is 10.6 Å². The van der Waals surface area contributed by atoms with Gasteiger partial charge < -0.3 is 20.5 Å². The molecule has 0 spiro atoms. The van der Waals surface area contributed by atoms with Crippen LogP contribution in [0.3, 0.4) is 0 Å². The van der Waals surface area contributed by atoms with Gasteiger partial charge in [-0.05, 0) is 25.2 Å². The second kappa shape index (κ2) is 10.9. The molecule has 0 aromatic rings. The second-order valence-corrected chi connectivity index (χ2v) is 5.74. The molecule has 5 nitrogen and oxygen atoms in total. The van der Waals surface area contributed by atoms with E-state index in [1.807, 2.05) is 6.92 Å². The number of ether oxygens (including phenoxy) is 1. The van der Waals surface area contributed by atoms with E-state index in [9.17, 15) is 4.79 Å². The fraction of sp³-hybridized carbons (Fsp3) is 0.933. The Hall–Kier alpha value is -0.810. The van der Waals surface area contributed by atoms with Gasteiger partial charge in [0.1, 0.15) is 0 Å². The molecule has 0 aromatic carbocycles. The zero-order valence-electron chi connectivity index (χ0n) is 12.7. The molecular formula is C15H30N2O3. The van der Waals surface area contributed by atoms with Gasteiger partial charge in [-0.15, -0.1) is 0 Å². The first-order chi connectivity index (χ1) is 9.72. The lowest BCUT2D eigenvalue weighted by Crippen LogP contribution is -2.39. The van der Waals surface area contributed by atoms with Crippen LogP contribution in [0.4, 0.5) is 4.79 Å². The van der Waals surface area contributed by atoms with Gasteiger partial charge in [0.05, 0.1) is 12.7 Å². The molecule has 0 aromatic heterocycles. The number of aliphatic hydroxyl groups is 1. The van der Waals surface area contributed by atoms with Gasteiger partial charge >= 0.3 is 6.03 Å². The van der Waals surface area contributed by atoms with Crippen LogP contribution in [-0.2, 0) is 4.74 Å². The summed E-state index contributed by atoms with van der Waals surface area (Å²) in [6.45, 7) is 3.90. The molecule has 0 saturated heterocycles. The van der Waals surface area contributed by atoms with Crippen molar-refractivity contribution in [3.05, 3.63) is 0 Å². The molecule has 0 heterocycles. The van der Waals surface area contributed by atoms with Crippen LogP contribution in [0, 0.1) is 5.92 Å². The standard InChI is InChI=1S/C15H30N2O3/c1-13(8-10-18)12-17-15(19)16-9-11-20-14-6-4-2-3-5-7-14/h13-14,18H,2-12H2,1H3,(H2,16,17,19). The molecule has 1 aliphatic rings. The zero-order chi connectivity index (χ0) is 14.6. The van der Waals surface area contributed by atoms with Crippen molar-refractivity contribution in [2.45, 2.75) is 58.0 Å². The van der Waals surface area contributed by atoms with E-state index in [0.717, 1.165) is 12.8 Å². The average molecular weight is 286 g/mol. The van der Waals surface area contributed by atoms with E-state index in [2.05, 4.69) is 10.6 Å². The lowest BCUT2D eigenvalue weighted by Gasteiger charge is -2.16. The number of hydrogen-bond donors (Lipinski definition) is 3. The van der Waals surface area contributed by atoms with Crippen molar-refractivity contribution in [3.8, 4) is 0 Å². The highest BCUT2D eigenvalue weighted by molar-refractivity contribution is 5.73. The van der Waals surface area contributed by atoms with Gasteiger partial charge in [-0.1, -0.05) is 32.6 Å². The zero-order valence-corrected chi connectivity index (χ0v) is 12.7. The van der Waals surface area contributed by atoms with E-state index in [-0.39, 0.29) is 12.6 Å². The summed E-state index contributed by atoms with van der Waals surface area (Å²) < 4.78 is 5.80. The maximum Gasteiger partial charge on any atom is 0.314 e. The van der Waals surface area contributed by atoms with Crippen LogP contribution in [0.5, 0.6) is 0 Å². The second-order valence-electron chi connectivity index (χ2n) is 5.74. The molecule has 5 heteroatoms. The highest BCUT2D eigenvalue weighted by atomic mass is 16.5. The largest absolute Gasteiger partial charge is 0.396 e. The SMILES string of the molecule is CC(CCO)CNC(=O)NCCOC1CCCCCC1. The number of urea groups is 1. The third-order valence-electron chi connectivity index (χ3n) is 3.78. The summed E-state index contributed by atoms with van der Waals surface area (Å²) in [5.41, 5.74) is 0. The highest BCUT2D eigenvalue weighted by Crippen LogP contribution is 2.19. The Morgan fingerprint density at radius 3 is 2.60 bits per heavy atom. The molecule has 20 heavy (non-hydrogen) atoms. The minimum atomic E-state index is -0.153. The lowest BCUT2D eigenvalue weighted by atomic mass is 10.1. The molecule has 1 unspecified atom stereocenters. The Balaban J connectivity index is 1.98. The molecule has 1 rings (SSSR count). The van der Waals surface area contributed by atoms with Crippen molar-refractivity contribution in [1.29, 1.82) is 0 Å². The van der Waals surface area contributed by atoms with Crippen LogP contribution < -0.4 is 10.6 Å². The Bertz CT molecular complexity index is 254. The average Bonchev–Trinajstić information content (AvgIpc) is 2.70. The Kier molecular flexibility index (Phi) is 9.41. The molecule has 0 bridgehead atoms. The minimum absolute atomic E-state index is 0.153. The first kappa shape index (κ1) is 17.2. The molecule has 118 valence electrons. The maximum atomic E-state index is 11.5. The van der Waals surface area contributed by atoms with Crippen LogP contribution >= 0.6 is 0 Å². The van der Waals surface area contributed by atoms with Crippen LogP contribution in [0.15, 0.2) is 0 Å². The van der Waals surface area contributed by atoms with Gasteiger partial charge in [-0.2, -0.15) is 0 Å². The molecule has 0 radical (unpaired) electrons. The topological polar surface area (TPSA) is 70.6 Å². The van der Waals surface area contributed by atoms with Crippen LogP contribution in [-0.4, -0.2) is 43.5 Å². The van der Waals surface area contributed by atoms with Crippen LogP contribution in [0.25, 0.3) is 0 Å². The third kappa shape index (κ3) is 8.38. The van der Waals surface area contributed by atoms with Gasteiger partial charge in [-0.25, -0.2) is 4.79 Å². The van der Waals surface area contributed by atoms with E-state index in [1.54, 1.807) is 0 Å². The molecule has 1 saturated carbocycles. The van der Waals surface area contributed by atoms with E-state index in [4.69, 9.17) is 9.84 Å². The number of aliphatic hydroxyl groups excluding tert-OH is 1. The Morgan fingerprint density at radius 2 is 1.95 bits per heavy atom. The molecule has 0 aliphatic heterocycles. The van der Waals surface area contributed by atoms with Gasteiger partial charge in [-0.3, -0.25) is 0 Å². The number of carbonyl (C=O) groups excluding carboxylic acids is 1. The first-order valence-corrected chi connectivity index (χ1v) is 7.96. The van der Waals surface area contributed by atoms with E-state index in [1.165, 1.54) is 25.7 Å². The normalized spacial score (nSPS) is 18.3. The van der Waals surface area contributed by atoms with Crippen molar-refractivity contribution < 1.29 is 14.6 Å². The number of rotatable bonds is 8. The van der Waals surface area contributed by atoms with Gasteiger partial charge in [0, 0.05) is 19.7 Å². The predicted octanol–water partition coefficient (Wildman–Crippen LogP) is 2.04. The summed E-state index contributed by atoms with van der Waals surface area (Å²) in [6.07, 6.45) is 8.59. The minimum Gasteiger partial charge on any atom is -0.396 e. The predicted molar refractivity (Wildman–Crippen MR) is 79.7 cm³/mol. The van der Waals surface area contributed by atoms with Crippen molar-refractivity contribution in [3.63, 3.8) is 0 Å². The summed E-state index contributed by atoms with van der Waals surface area (Å²) in [5, 5.41) is 14.4. The van der Waals surface area contributed by atoms with E-state index >= 15 is 0 Å². The lowest BCUT2D eigenvalue weighted by molar-refractivity contribution is 0.0460. The van der Waals surface area contributed by atoms with Crippen molar-refractivity contribution in [2.24, 2.45) is 5.92 Å². The van der Waals surface area contributed by atoms with Crippen LogP contribution in [0.1, 0.15) is 51.9 Å². The Morgan fingerprint density at radius 1 is 1.25 bits per heavy atom. The molecular weight excluding hydrogens is 256 g/mol. The highest BCUT2D eigenvalue weighted by Gasteiger charge is 2.12. The third-order valence-corrected chi connectivity index (χ3v) is 3.78. The Labute approximate surface area is 122 Å². The number of hydrogen-bond acceptors (Lipinski definition) is 3. The fourth-order valence-corrected chi connectivity index (χ4v) is 2.45. The summed E-state index contributed by atoms with van der Waals surface area (Å²) in [4.78, 5) is 11.5. The van der Waals surface area contributed by atoms with Gasteiger partial charge in [0.2, 0.25) is 0 Å². The fourth-order valence-electron chi connectivity index (χ4n) is 2.45. The number of amides is 2. The van der Waals surface area contributed by atoms with Crippen molar-refractivity contribution >= 4 is 6.03 Å². The number of nitrogens with one attached hydrogen (secondary N) is 2. The molecule has 3 N–H and O–H groups in total. The summed E-state index contributed by atoms with van der Waals surface area (Å²) in [7, 11) is 0. The monoisotopic (exact) mass is 286 g/mol. The molecule has 2 amide bonds. The first-order valence-electron chi connectivity index (χ1n) is 7.96. The summed E-state index contributed by atoms with van der Waals surface area (Å²) >= 11 is 0. The van der Waals surface area contributed by atoms with E-state index in [0.29, 0.717) is 38.1 Å². The van der Waals surface area contributed by atoms with E-state index < -0.39 is 0 Å². The maximum absolute atomic E-state index is 11.5. The van der Waals surface area contributed by atoms with Gasteiger partial charge in [0.15, 0.2) is 0 Å². The molecule has 1 atom stereocenters.